The lowest BCUT2D eigenvalue weighted by Gasteiger charge is -2.23. The van der Waals surface area contributed by atoms with E-state index in [0.717, 1.165) is 0 Å². The van der Waals surface area contributed by atoms with Gasteiger partial charge in [-0.15, -0.1) is 0 Å². The predicted molar refractivity (Wildman–Crippen MR) is 70.5 cm³/mol. The van der Waals surface area contributed by atoms with E-state index in [1.807, 2.05) is 30.3 Å². The molecule has 0 aromatic heterocycles. The van der Waals surface area contributed by atoms with Crippen LogP contribution in [-0.4, -0.2) is 60.4 Å². The van der Waals surface area contributed by atoms with Crippen molar-refractivity contribution in [1.82, 2.24) is 4.90 Å². The molecule has 1 saturated heterocycles. The van der Waals surface area contributed by atoms with Gasteiger partial charge in [-0.1, -0.05) is 30.3 Å². The predicted octanol–water partition coefficient (Wildman–Crippen LogP) is 0.213. The molecule has 1 aromatic rings. The standard InChI is InChI=1S/C14H21NO4/c1-18-14-13(17)9-15(8-12(10-16)19-14)7-11-5-3-2-4-6-11/h2-6,12-14,16-17H,7-10H2,1H3/t12-,13+,14-/m0/s1. The van der Waals surface area contributed by atoms with E-state index in [0.29, 0.717) is 19.6 Å². The molecule has 0 amide bonds. The van der Waals surface area contributed by atoms with Crippen molar-refractivity contribution < 1.29 is 19.7 Å². The summed E-state index contributed by atoms with van der Waals surface area (Å²) in [5.41, 5.74) is 1.17. The molecule has 1 aliphatic heterocycles. The highest BCUT2D eigenvalue weighted by molar-refractivity contribution is 5.14. The third-order valence-corrected chi connectivity index (χ3v) is 3.23. The van der Waals surface area contributed by atoms with Crippen molar-refractivity contribution >= 4 is 0 Å². The monoisotopic (exact) mass is 267 g/mol. The Kier molecular flexibility index (Phi) is 5.30. The van der Waals surface area contributed by atoms with Gasteiger partial charge in [0.15, 0.2) is 6.29 Å². The fourth-order valence-electron chi connectivity index (χ4n) is 2.32. The van der Waals surface area contributed by atoms with Crippen molar-refractivity contribution in [2.45, 2.75) is 25.0 Å². The molecule has 1 fully saturated rings. The molecule has 5 heteroatoms. The quantitative estimate of drug-likeness (QED) is 0.817. The summed E-state index contributed by atoms with van der Waals surface area (Å²) in [5, 5.41) is 19.3. The number of nitrogens with zero attached hydrogens (tertiary/aromatic N) is 1. The first-order chi connectivity index (χ1) is 9.22. The third-order valence-electron chi connectivity index (χ3n) is 3.23. The lowest BCUT2D eigenvalue weighted by atomic mass is 10.2. The number of benzene rings is 1. The highest BCUT2D eigenvalue weighted by Crippen LogP contribution is 2.15. The number of ether oxygens (including phenoxy) is 2. The summed E-state index contributed by atoms with van der Waals surface area (Å²) in [6.07, 6.45) is -1.74. The number of rotatable bonds is 4. The normalized spacial score (nSPS) is 29.1. The fraction of sp³-hybridized carbons (Fsp3) is 0.571. The molecule has 2 rings (SSSR count). The van der Waals surface area contributed by atoms with E-state index in [1.165, 1.54) is 12.7 Å². The van der Waals surface area contributed by atoms with Crippen LogP contribution < -0.4 is 0 Å². The molecule has 0 spiro atoms. The summed E-state index contributed by atoms with van der Waals surface area (Å²) < 4.78 is 10.6. The van der Waals surface area contributed by atoms with Gasteiger partial charge >= 0.3 is 0 Å². The molecule has 2 N–H and O–H groups in total. The Labute approximate surface area is 113 Å². The van der Waals surface area contributed by atoms with Crippen molar-refractivity contribution in [1.29, 1.82) is 0 Å². The van der Waals surface area contributed by atoms with Crippen LogP contribution in [0.2, 0.25) is 0 Å². The number of methoxy groups -OCH3 is 1. The van der Waals surface area contributed by atoms with Gasteiger partial charge < -0.3 is 19.7 Å². The van der Waals surface area contributed by atoms with E-state index in [4.69, 9.17) is 9.47 Å². The SMILES string of the molecule is CO[C@H]1O[C@H](CO)CN(Cc2ccccc2)C[C@H]1O. The van der Waals surface area contributed by atoms with Crippen molar-refractivity contribution in [3.05, 3.63) is 35.9 Å². The molecule has 0 radical (unpaired) electrons. The van der Waals surface area contributed by atoms with Gasteiger partial charge in [0.25, 0.3) is 0 Å². The zero-order chi connectivity index (χ0) is 13.7. The topological polar surface area (TPSA) is 62.2 Å². The first-order valence-electron chi connectivity index (χ1n) is 6.46. The average molecular weight is 267 g/mol. The maximum atomic E-state index is 10.0. The fourth-order valence-corrected chi connectivity index (χ4v) is 2.32. The van der Waals surface area contributed by atoms with Crippen LogP contribution in [0, 0.1) is 0 Å². The summed E-state index contributed by atoms with van der Waals surface area (Å²) >= 11 is 0. The highest BCUT2D eigenvalue weighted by atomic mass is 16.7. The largest absolute Gasteiger partial charge is 0.394 e. The molecule has 19 heavy (non-hydrogen) atoms. The Hall–Kier alpha value is -0.980. The molecule has 0 bridgehead atoms. The van der Waals surface area contributed by atoms with E-state index in [-0.39, 0.29) is 12.7 Å². The number of β-amino-alcohol motifs (C(OH)–C–C–N with tert-alkyl or cyclic N) is 1. The van der Waals surface area contributed by atoms with E-state index >= 15 is 0 Å². The van der Waals surface area contributed by atoms with E-state index in [2.05, 4.69) is 4.90 Å². The molecule has 5 nitrogen and oxygen atoms in total. The molecule has 106 valence electrons. The molecule has 1 heterocycles. The molecule has 1 aliphatic rings. The number of aliphatic hydroxyl groups is 2. The molecule has 3 atom stereocenters. The van der Waals surface area contributed by atoms with Crippen molar-refractivity contribution in [2.24, 2.45) is 0 Å². The summed E-state index contributed by atoms with van der Waals surface area (Å²) in [4.78, 5) is 2.07. The van der Waals surface area contributed by atoms with Gasteiger partial charge in [-0.3, -0.25) is 4.90 Å². The molecule has 0 aliphatic carbocycles. The lowest BCUT2D eigenvalue weighted by Crippen LogP contribution is -2.37. The van der Waals surface area contributed by atoms with E-state index in [9.17, 15) is 10.2 Å². The summed E-state index contributed by atoms with van der Waals surface area (Å²) in [7, 11) is 1.50. The molecule has 0 unspecified atom stereocenters. The minimum atomic E-state index is -0.717. The summed E-state index contributed by atoms with van der Waals surface area (Å²) in [6.45, 7) is 1.66. The Morgan fingerprint density at radius 3 is 2.68 bits per heavy atom. The maximum Gasteiger partial charge on any atom is 0.184 e. The minimum Gasteiger partial charge on any atom is -0.394 e. The zero-order valence-corrected chi connectivity index (χ0v) is 11.1. The van der Waals surface area contributed by atoms with Crippen LogP contribution in [0.4, 0.5) is 0 Å². The molecule has 1 aromatic carbocycles. The van der Waals surface area contributed by atoms with Crippen molar-refractivity contribution in [2.75, 3.05) is 26.8 Å². The van der Waals surface area contributed by atoms with Gasteiger partial charge in [0, 0.05) is 26.7 Å². The van der Waals surface area contributed by atoms with Crippen LogP contribution in [0.15, 0.2) is 30.3 Å². The van der Waals surface area contributed by atoms with Crippen LogP contribution in [0.1, 0.15) is 5.56 Å². The van der Waals surface area contributed by atoms with Crippen LogP contribution in [0.25, 0.3) is 0 Å². The Balaban J connectivity index is 2.03. The highest BCUT2D eigenvalue weighted by Gasteiger charge is 2.30. The van der Waals surface area contributed by atoms with Gasteiger partial charge in [-0.25, -0.2) is 0 Å². The number of hydrogen-bond donors (Lipinski definition) is 2. The van der Waals surface area contributed by atoms with Crippen LogP contribution in [0.5, 0.6) is 0 Å². The maximum absolute atomic E-state index is 10.0. The first-order valence-corrected chi connectivity index (χ1v) is 6.46. The van der Waals surface area contributed by atoms with Gasteiger partial charge in [-0.05, 0) is 5.56 Å². The Morgan fingerprint density at radius 2 is 2.05 bits per heavy atom. The second-order valence-electron chi connectivity index (χ2n) is 4.79. The lowest BCUT2D eigenvalue weighted by molar-refractivity contribution is -0.196. The Bertz CT molecular complexity index is 371. The number of hydrogen-bond acceptors (Lipinski definition) is 5. The van der Waals surface area contributed by atoms with Crippen molar-refractivity contribution in [3.63, 3.8) is 0 Å². The van der Waals surface area contributed by atoms with Crippen LogP contribution >= 0.6 is 0 Å². The van der Waals surface area contributed by atoms with Crippen molar-refractivity contribution in [3.8, 4) is 0 Å². The Morgan fingerprint density at radius 1 is 1.32 bits per heavy atom. The summed E-state index contributed by atoms with van der Waals surface area (Å²) in [5.74, 6) is 0. The number of aliphatic hydroxyl groups excluding tert-OH is 2. The first kappa shape index (κ1) is 14.4. The van der Waals surface area contributed by atoms with Crippen LogP contribution in [0.3, 0.4) is 0 Å². The van der Waals surface area contributed by atoms with E-state index < -0.39 is 12.4 Å². The molecular formula is C14H21NO4. The summed E-state index contributed by atoms with van der Waals surface area (Å²) in [6, 6.07) is 10.0. The molecule has 0 saturated carbocycles. The van der Waals surface area contributed by atoms with E-state index in [1.54, 1.807) is 0 Å². The average Bonchev–Trinajstić information content (AvgIpc) is 2.58. The third kappa shape index (κ3) is 3.99. The van der Waals surface area contributed by atoms with Gasteiger partial charge in [0.1, 0.15) is 6.10 Å². The van der Waals surface area contributed by atoms with Crippen LogP contribution in [-0.2, 0) is 16.0 Å². The van der Waals surface area contributed by atoms with Gasteiger partial charge in [0.05, 0.1) is 12.7 Å². The second-order valence-corrected chi connectivity index (χ2v) is 4.79. The second kappa shape index (κ2) is 6.98. The smallest absolute Gasteiger partial charge is 0.184 e. The van der Waals surface area contributed by atoms with Gasteiger partial charge in [0.2, 0.25) is 0 Å². The zero-order valence-electron chi connectivity index (χ0n) is 11.1. The minimum absolute atomic E-state index is 0.0854. The molecular weight excluding hydrogens is 246 g/mol. The van der Waals surface area contributed by atoms with Gasteiger partial charge in [-0.2, -0.15) is 0 Å².